The number of rotatable bonds is 9. The number of carbonyl (C=O) groups excluding carboxylic acids is 1. The van der Waals surface area contributed by atoms with Gasteiger partial charge in [-0.2, -0.15) is 0 Å². The summed E-state index contributed by atoms with van der Waals surface area (Å²) >= 11 is 0. The number of methoxy groups -OCH3 is 1. The molecule has 0 saturated carbocycles. The molecule has 1 saturated heterocycles. The molecule has 2 aromatic rings. The van der Waals surface area contributed by atoms with Gasteiger partial charge in [-0.25, -0.2) is 0 Å². The minimum Gasteiger partial charge on any atom is -0.497 e. The van der Waals surface area contributed by atoms with Gasteiger partial charge in [0.15, 0.2) is 11.5 Å². The van der Waals surface area contributed by atoms with Crippen LogP contribution in [0.15, 0.2) is 42.5 Å². The summed E-state index contributed by atoms with van der Waals surface area (Å²) in [5.74, 6) is 0.271. The lowest BCUT2D eigenvalue weighted by Gasteiger charge is -2.27. The van der Waals surface area contributed by atoms with E-state index in [9.17, 15) is 14.7 Å². The summed E-state index contributed by atoms with van der Waals surface area (Å²) in [5, 5.41) is 10.3. The van der Waals surface area contributed by atoms with Crippen LogP contribution in [0.2, 0.25) is 0 Å². The number of carboxylic acid groups (broad SMARTS) is 1. The number of benzene rings is 2. The molecule has 1 fully saturated rings. The number of carbonyl (C=O) groups is 2. The van der Waals surface area contributed by atoms with Gasteiger partial charge in [0.05, 0.1) is 19.6 Å². The highest BCUT2D eigenvalue weighted by Gasteiger charge is 2.47. The van der Waals surface area contributed by atoms with E-state index >= 15 is 0 Å². The van der Waals surface area contributed by atoms with Crippen molar-refractivity contribution in [1.82, 2.24) is 4.90 Å². The van der Waals surface area contributed by atoms with E-state index in [0.29, 0.717) is 30.2 Å². The lowest BCUT2D eigenvalue weighted by Crippen LogP contribution is -2.32. The Labute approximate surface area is 187 Å². The monoisotopic (exact) mass is 439 g/mol. The molecule has 2 aromatic carbocycles. The third-order valence-electron chi connectivity index (χ3n) is 6.35. The molecule has 0 aliphatic carbocycles. The van der Waals surface area contributed by atoms with E-state index in [-0.39, 0.29) is 25.0 Å². The topological polar surface area (TPSA) is 85.3 Å². The highest BCUT2D eigenvalue weighted by molar-refractivity contribution is 5.81. The second-order valence-electron chi connectivity index (χ2n) is 8.37. The molecule has 2 aliphatic rings. The highest BCUT2D eigenvalue weighted by Crippen LogP contribution is 2.47. The lowest BCUT2D eigenvalue weighted by molar-refractivity contribution is -0.143. The third kappa shape index (κ3) is 4.43. The number of likely N-dealkylation sites (tertiary alicyclic amines) is 1. The van der Waals surface area contributed by atoms with Crippen LogP contribution in [0.3, 0.4) is 0 Å². The number of aliphatic carboxylic acids is 1. The van der Waals surface area contributed by atoms with Crippen LogP contribution >= 0.6 is 0 Å². The Bertz CT molecular complexity index is 973. The number of ether oxygens (including phenoxy) is 3. The number of nitrogens with zero attached hydrogens (tertiary/aromatic N) is 1. The van der Waals surface area contributed by atoms with E-state index in [1.165, 1.54) is 0 Å². The standard InChI is InChI=1S/C25H29NO6/c1-3-4-5-18(27)13-26-14-20(17-8-11-21-22(12-17)32-15-31-21)23(25(28)29)24(26)16-6-9-19(30-2)10-7-16/h6-12,20,23-24H,3-5,13-15H2,1-2H3,(H,28,29)/t20-,23-,24+/m0/s1. The Morgan fingerprint density at radius 1 is 1.09 bits per heavy atom. The molecule has 0 spiro atoms. The van der Waals surface area contributed by atoms with Crippen LogP contribution in [0, 0.1) is 5.92 Å². The van der Waals surface area contributed by atoms with Crippen LogP contribution in [-0.4, -0.2) is 48.8 Å². The van der Waals surface area contributed by atoms with Crippen molar-refractivity contribution in [3.63, 3.8) is 0 Å². The fourth-order valence-corrected chi connectivity index (χ4v) is 4.75. The van der Waals surface area contributed by atoms with Crippen molar-refractivity contribution in [2.24, 2.45) is 5.92 Å². The molecule has 1 N–H and O–H groups in total. The minimum absolute atomic E-state index is 0.140. The molecule has 4 rings (SSSR count). The van der Waals surface area contributed by atoms with Crippen molar-refractivity contribution >= 4 is 11.8 Å². The Balaban J connectivity index is 1.69. The summed E-state index contributed by atoms with van der Waals surface area (Å²) in [6.07, 6.45) is 2.30. The predicted molar refractivity (Wildman–Crippen MR) is 118 cm³/mol. The third-order valence-corrected chi connectivity index (χ3v) is 6.35. The Morgan fingerprint density at radius 3 is 2.50 bits per heavy atom. The van der Waals surface area contributed by atoms with Crippen molar-refractivity contribution in [2.45, 2.75) is 38.1 Å². The number of hydrogen-bond donors (Lipinski definition) is 1. The average molecular weight is 440 g/mol. The Morgan fingerprint density at radius 2 is 1.81 bits per heavy atom. The fourth-order valence-electron chi connectivity index (χ4n) is 4.75. The molecule has 2 aliphatic heterocycles. The van der Waals surface area contributed by atoms with Crippen LogP contribution in [0.4, 0.5) is 0 Å². The maximum absolute atomic E-state index is 12.7. The van der Waals surface area contributed by atoms with Gasteiger partial charge < -0.3 is 19.3 Å². The van der Waals surface area contributed by atoms with Gasteiger partial charge in [-0.15, -0.1) is 0 Å². The van der Waals surface area contributed by atoms with E-state index < -0.39 is 17.9 Å². The summed E-state index contributed by atoms with van der Waals surface area (Å²) in [4.78, 5) is 27.2. The number of Topliss-reactive ketones (excluding diaryl/α,β-unsaturated/α-hetero) is 1. The maximum Gasteiger partial charge on any atom is 0.309 e. The molecule has 0 amide bonds. The Kier molecular flexibility index (Phi) is 6.65. The van der Waals surface area contributed by atoms with Gasteiger partial charge in [-0.3, -0.25) is 14.5 Å². The first-order chi connectivity index (χ1) is 15.5. The van der Waals surface area contributed by atoms with E-state index in [4.69, 9.17) is 14.2 Å². The van der Waals surface area contributed by atoms with E-state index in [2.05, 4.69) is 6.92 Å². The number of carboxylic acids is 1. The van der Waals surface area contributed by atoms with E-state index in [1.807, 2.05) is 47.4 Å². The largest absolute Gasteiger partial charge is 0.497 e. The quantitative estimate of drug-likeness (QED) is 0.631. The first kappa shape index (κ1) is 22.1. The van der Waals surface area contributed by atoms with Crippen LogP contribution in [-0.2, 0) is 9.59 Å². The summed E-state index contributed by atoms with van der Waals surface area (Å²) in [6.45, 7) is 2.93. The molecule has 0 aromatic heterocycles. The lowest BCUT2D eigenvalue weighted by atomic mass is 9.82. The van der Waals surface area contributed by atoms with Crippen molar-refractivity contribution in [3.05, 3.63) is 53.6 Å². The SMILES string of the molecule is CCCCC(=O)CN1C[C@@H](c2ccc3c(c2)OCO3)[C@H](C(=O)O)[C@H]1c1ccc(OC)cc1. The summed E-state index contributed by atoms with van der Waals surface area (Å²) < 4.78 is 16.2. The molecule has 7 heteroatoms. The number of fused-ring (bicyclic) bond motifs is 1. The second kappa shape index (κ2) is 9.61. The van der Waals surface area contributed by atoms with Gasteiger partial charge in [0.1, 0.15) is 11.5 Å². The zero-order valence-corrected chi connectivity index (χ0v) is 18.5. The van der Waals surface area contributed by atoms with Crippen LogP contribution in [0.1, 0.15) is 49.3 Å². The molecule has 32 heavy (non-hydrogen) atoms. The number of hydrogen-bond acceptors (Lipinski definition) is 6. The van der Waals surface area contributed by atoms with Crippen molar-refractivity contribution in [1.29, 1.82) is 0 Å². The highest BCUT2D eigenvalue weighted by atomic mass is 16.7. The summed E-state index contributed by atoms with van der Waals surface area (Å²) in [7, 11) is 1.60. The first-order valence-electron chi connectivity index (χ1n) is 11.0. The zero-order valence-electron chi connectivity index (χ0n) is 18.5. The molecule has 0 unspecified atom stereocenters. The number of ketones is 1. The smallest absolute Gasteiger partial charge is 0.309 e. The molecule has 7 nitrogen and oxygen atoms in total. The maximum atomic E-state index is 12.7. The van der Waals surface area contributed by atoms with Gasteiger partial charge in [0.25, 0.3) is 0 Å². The van der Waals surface area contributed by atoms with Crippen LogP contribution < -0.4 is 14.2 Å². The van der Waals surface area contributed by atoms with Crippen molar-refractivity contribution in [3.8, 4) is 17.2 Å². The van der Waals surface area contributed by atoms with Crippen molar-refractivity contribution < 1.29 is 28.9 Å². The van der Waals surface area contributed by atoms with Gasteiger partial charge in [0, 0.05) is 24.9 Å². The normalized spacial score (nSPS) is 22.1. The molecular formula is C25H29NO6. The second-order valence-corrected chi connectivity index (χ2v) is 8.37. The average Bonchev–Trinajstić information content (AvgIpc) is 3.42. The van der Waals surface area contributed by atoms with Gasteiger partial charge in [-0.1, -0.05) is 31.5 Å². The fraction of sp³-hybridized carbons (Fsp3) is 0.440. The van der Waals surface area contributed by atoms with E-state index in [0.717, 1.165) is 24.0 Å². The van der Waals surface area contributed by atoms with Gasteiger partial charge in [-0.05, 0) is 41.8 Å². The minimum atomic E-state index is -0.878. The van der Waals surface area contributed by atoms with Crippen LogP contribution in [0.5, 0.6) is 17.2 Å². The first-order valence-corrected chi connectivity index (χ1v) is 11.0. The van der Waals surface area contributed by atoms with Gasteiger partial charge >= 0.3 is 5.97 Å². The van der Waals surface area contributed by atoms with E-state index in [1.54, 1.807) is 7.11 Å². The zero-order chi connectivity index (χ0) is 22.7. The molecule has 3 atom stereocenters. The summed E-state index contributed by atoms with van der Waals surface area (Å²) in [6, 6.07) is 12.6. The molecule has 170 valence electrons. The Hall–Kier alpha value is -3.06. The van der Waals surface area contributed by atoms with Crippen molar-refractivity contribution in [2.75, 3.05) is 27.0 Å². The summed E-state index contributed by atoms with van der Waals surface area (Å²) in [5.41, 5.74) is 1.74. The molecular weight excluding hydrogens is 410 g/mol. The predicted octanol–water partition coefficient (Wildman–Crippen LogP) is 4.02. The molecule has 2 heterocycles. The molecule has 0 bridgehead atoms. The van der Waals surface area contributed by atoms with Crippen LogP contribution in [0.25, 0.3) is 0 Å². The molecule has 0 radical (unpaired) electrons. The number of unbranched alkanes of at least 4 members (excludes halogenated alkanes) is 1. The van der Waals surface area contributed by atoms with Gasteiger partial charge in [0.2, 0.25) is 6.79 Å².